The number of anilines is 1. The zero-order chi connectivity index (χ0) is 13.2. The molecule has 0 amide bonds. The van der Waals surface area contributed by atoms with Crippen LogP contribution in [0.5, 0.6) is 0 Å². The number of rotatable bonds is 3. The second-order valence-electron chi connectivity index (χ2n) is 4.08. The van der Waals surface area contributed by atoms with Gasteiger partial charge in [0.15, 0.2) is 5.82 Å². The van der Waals surface area contributed by atoms with E-state index in [1.807, 2.05) is 17.5 Å². The van der Waals surface area contributed by atoms with Crippen LogP contribution in [0, 0.1) is 5.82 Å². The molecule has 0 saturated heterocycles. The Labute approximate surface area is 113 Å². The summed E-state index contributed by atoms with van der Waals surface area (Å²) in [6.07, 6.45) is 0.473. The molecule has 0 radical (unpaired) electrons. The van der Waals surface area contributed by atoms with E-state index in [2.05, 4.69) is 15.4 Å². The highest BCUT2D eigenvalue weighted by atomic mass is 32.1. The Kier molecular flexibility index (Phi) is 3.10. The van der Waals surface area contributed by atoms with Crippen LogP contribution in [0.3, 0.4) is 0 Å². The van der Waals surface area contributed by atoms with Gasteiger partial charge in [0.2, 0.25) is 0 Å². The predicted molar refractivity (Wildman–Crippen MR) is 74.4 cm³/mol. The first-order chi connectivity index (χ1) is 9.26. The molecule has 0 bridgehead atoms. The highest BCUT2D eigenvalue weighted by Gasteiger charge is 2.08. The molecule has 0 spiro atoms. The van der Waals surface area contributed by atoms with Crippen molar-refractivity contribution < 1.29 is 4.39 Å². The summed E-state index contributed by atoms with van der Waals surface area (Å²) in [7, 11) is 0. The van der Waals surface area contributed by atoms with Gasteiger partial charge in [-0.1, -0.05) is 12.1 Å². The number of hydrazine groups is 1. The van der Waals surface area contributed by atoms with Gasteiger partial charge in [0, 0.05) is 6.42 Å². The lowest BCUT2D eigenvalue weighted by Gasteiger charge is -2.05. The van der Waals surface area contributed by atoms with Gasteiger partial charge < -0.3 is 5.43 Å². The van der Waals surface area contributed by atoms with Gasteiger partial charge in [-0.15, -0.1) is 11.3 Å². The van der Waals surface area contributed by atoms with E-state index in [1.54, 1.807) is 6.07 Å². The summed E-state index contributed by atoms with van der Waals surface area (Å²) in [6.45, 7) is 0. The van der Waals surface area contributed by atoms with Gasteiger partial charge in [-0.05, 0) is 29.1 Å². The second-order valence-corrected chi connectivity index (χ2v) is 4.97. The molecule has 6 heteroatoms. The van der Waals surface area contributed by atoms with Gasteiger partial charge >= 0.3 is 0 Å². The Balaban J connectivity index is 2.01. The minimum Gasteiger partial charge on any atom is -0.308 e. The molecule has 3 rings (SSSR count). The fourth-order valence-electron chi connectivity index (χ4n) is 1.92. The van der Waals surface area contributed by atoms with E-state index in [-0.39, 0.29) is 5.82 Å². The summed E-state index contributed by atoms with van der Waals surface area (Å²) < 4.78 is 13.1. The molecule has 3 aromatic rings. The van der Waals surface area contributed by atoms with Crippen molar-refractivity contribution in [3.05, 3.63) is 52.9 Å². The quantitative estimate of drug-likeness (QED) is 0.569. The third-order valence-electron chi connectivity index (χ3n) is 2.76. The van der Waals surface area contributed by atoms with E-state index in [0.29, 0.717) is 18.1 Å². The zero-order valence-electron chi connectivity index (χ0n) is 9.93. The third kappa shape index (κ3) is 2.40. The maximum atomic E-state index is 13.1. The summed E-state index contributed by atoms with van der Waals surface area (Å²) in [4.78, 5) is 9.68. The van der Waals surface area contributed by atoms with E-state index in [1.165, 1.54) is 23.5 Å². The largest absolute Gasteiger partial charge is 0.308 e. The standard InChI is InChI=1S/C13H11FN4S/c14-9-3-1-2-8(6-9)7-11-16-12(18-15)10-4-5-19-13(10)17-11/h1-6H,7,15H2,(H,16,17,18). The van der Waals surface area contributed by atoms with Crippen LogP contribution in [0.1, 0.15) is 11.4 Å². The fraction of sp³-hybridized carbons (Fsp3) is 0.0769. The number of nitrogens with two attached hydrogens (primary N) is 1. The van der Waals surface area contributed by atoms with Crippen molar-refractivity contribution in [2.75, 3.05) is 5.43 Å². The third-order valence-corrected chi connectivity index (χ3v) is 3.57. The molecule has 4 nitrogen and oxygen atoms in total. The average Bonchev–Trinajstić information content (AvgIpc) is 2.86. The van der Waals surface area contributed by atoms with Crippen LogP contribution < -0.4 is 11.3 Å². The Morgan fingerprint density at radius 3 is 2.95 bits per heavy atom. The minimum atomic E-state index is -0.258. The van der Waals surface area contributed by atoms with E-state index in [0.717, 1.165) is 15.8 Å². The number of benzene rings is 1. The van der Waals surface area contributed by atoms with Gasteiger partial charge in [-0.2, -0.15) is 0 Å². The first-order valence-corrected chi connectivity index (χ1v) is 6.59. The fourth-order valence-corrected chi connectivity index (χ4v) is 2.70. The Hall–Kier alpha value is -2.05. The first-order valence-electron chi connectivity index (χ1n) is 5.71. The maximum Gasteiger partial charge on any atom is 0.152 e. The van der Waals surface area contributed by atoms with Crippen molar-refractivity contribution in [3.63, 3.8) is 0 Å². The van der Waals surface area contributed by atoms with Gasteiger partial charge in [-0.3, -0.25) is 0 Å². The molecule has 0 aliphatic rings. The van der Waals surface area contributed by atoms with Crippen LogP contribution in [-0.4, -0.2) is 9.97 Å². The lowest BCUT2D eigenvalue weighted by atomic mass is 10.1. The van der Waals surface area contributed by atoms with Gasteiger partial charge in [0.1, 0.15) is 16.5 Å². The number of nitrogens with zero attached hydrogens (tertiary/aromatic N) is 2. The molecule has 19 heavy (non-hydrogen) atoms. The predicted octanol–water partition coefficient (Wildman–Crippen LogP) is 2.71. The molecule has 2 aromatic heterocycles. The molecule has 2 heterocycles. The van der Waals surface area contributed by atoms with Gasteiger partial charge in [-0.25, -0.2) is 20.2 Å². The highest BCUT2D eigenvalue weighted by molar-refractivity contribution is 7.16. The zero-order valence-corrected chi connectivity index (χ0v) is 10.7. The molecular formula is C13H11FN4S. The number of halogens is 1. The number of fused-ring (bicyclic) bond motifs is 1. The molecule has 0 saturated carbocycles. The topological polar surface area (TPSA) is 63.8 Å². The van der Waals surface area contributed by atoms with E-state index < -0.39 is 0 Å². The molecule has 1 aromatic carbocycles. The lowest BCUT2D eigenvalue weighted by molar-refractivity contribution is 0.626. The Bertz CT molecular complexity index is 725. The smallest absolute Gasteiger partial charge is 0.152 e. The van der Waals surface area contributed by atoms with E-state index in [9.17, 15) is 4.39 Å². The number of hydrogen-bond acceptors (Lipinski definition) is 5. The molecule has 0 aliphatic heterocycles. The molecular weight excluding hydrogens is 263 g/mol. The van der Waals surface area contributed by atoms with Crippen LogP contribution >= 0.6 is 11.3 Å². The molecule has 0 aliphatic carbocycles. The minimum absolute atomic E-state index is 0.258. The van der Waals surface area contributed by atoms with Crippen LogP contribution in [0.2, 0.25) is 0 Å². The summed E-state index contributed by atoms with van der Waals surface area (Å²) in [5, 5.41) is 2.84. The molecule has 3 N–H and O–H groups in total. The molecule has 0 unspecified atom stereocenters. The maximum absolute atomic E-state index is 13.1. The van der Waals surface area contributed by atoms with Crippen molar-refractivity contribution in [2.45, 2.75) is 6.42 Å². The number of thiophene rings is 1. The van der Waals surface area contributed by atoms with Crippen molar-refractivity contribution in [1.29, 1.82) is 0 Å². The number of hydrogen-bond donors (Lipinski definition) is 2. The number of nitrogen functional groups attached to an aromatic ring is 1. The summed E-state index contributed by atoms with van der Waals surface area (Å²) >= 11 is 1.52. The monoisotopic (exact) mass is 274 g/mol. The van der Waals surface area contributed by atoms with Crippen molar-refractivity contribution in [1.82, 2.24) is 9.97 Å². The van der Waals surface area contributed by atoms with Crippen molar-refractivity contribution in [2.24, 2.45) is 5.84 Å². The van der Waals surface area contributed by atoms with E-state index in [4.69, 9.17) is 5.84 Å². The summed E-state index contributed by atoms with van der Waals surface area (Å²) in [5.74, 6) is 6.42. The molecule has 0 atom stereocenters. The average molecular weight is 274 g/mol. The summed E-state index contributed by atoms with van der Waals surface area (Å²) in [5.41, 5.74) is 3.41. The normalized spacial score (nSPS) is 10.8. The Morgan fingerprint density at radius 2 is 2.16 bits per heavy atom. The lowest BCUT2D eigenvalue weighted by Crippen LogP contribution is -2.10. The van der Waals surface area contributed by atoms with Gasteiger partial charge in [0.25, 0.3) is 0 Å². The number of aromatic nitrogens is 2. The molecule has 96 valence electrons. The van der Waals surface area contributed by atoms with E-state index >= 15 is 0 Å². The van der Waals surface area contributed by atoms with Crippen molar-refractivity contribution in [3.8, 4) is 0 Å². The van der Waals surface area contributed by atoms with Gasteiger partial charge in [0.05, 0.1) is 5.39 Å². The summed E-state index contributed by atoms with van der Waals surface area (Å²) in [6, 6.07) is 8.34. The molecule has 0 fully saturated rings. The second kappa shape index (κ2) is 4.91. The number of nitrogens with one attached hydrogen (secondary N) is 1. The highest BCUT2D eigenvalue weighted by Crippen LogP contribution is 2.25. The van der Waals surface area contributed by atoms with Crippen LogP contribution in [0.25, 0.3) is 10.2 Å². The van der Waals surface area contributed by atoms with Crippen LogP contribution in [0.15, 0.2) is 35.7 Å². The van der Waals surface area contributed by atoms with Crippen molar-refractivity contribution >= 4 is 27.4 Å². The SMILES string of the molecule is NNc1nc(Cc2cccc(F)c2)nc2sccc12. The van der Waals surface area contributed by atoms with Crippen LogP contribution in [0.4, 0.5) is 10.2 Å². The van der Waals surface area contributed by atoms with Crippen LogP contribution in [-0.2, 0) is 6.42 Å². The first kappa shape index (κ1) is 12.0. The Morgan fingerprint density at radius 1 is 1.26 bits per heavy atom.